The van der Waals surface area contributed by atoms with Crippen molar-refractivity contribution in [1.29, 1.82) is 0 Å². The zero-order valence-electron chi connectivity index (χ0n) is 8.16. The summed E-state index contributed by atoms with van der Waals surface area (Å²) in [5, 5.41) is 6.35. The molecule has 2 aliphatic rings. The topological polar surface area (TPSA) is 17.1 Å². The second-order valence-corrected chi connectivity index (χ2v) is 7.02. The van der Waals surface area contributed by atoms with Crippen LogP contribution in [-0.4, -0.2) is 6.29 Å². The van der Waals surface area contributed by atoms with Crippen molar-refractivity contribution in [1.82, 2.24) is 0 Å². The van der Waals surface area contributed by atoms with Crippen LogP contribution in [0.2, 0.25) is 0 Å². The van der Waals surface area contributed by atoms with Gasteiger partial charge < -0.3 is 0 Å². The molecule has 0 unspecified atom stereocenters. The van der Waals surface area contributed by atoms with Crippen molar-refractivity contribution < 1.29 is 4.79 Å². The first kappa shape index (κ1) is 12.2. The lowest BCUT2D eigenvalue weighted by atomic mass is 10.4. The zero-order chi connectivity index (χ0) is 11.2. The first-order valence-corrected chi connectivity index (χ1v) is 7.91. The SMILES string of the molecule is O=C/C=C/C=C/C1=CSC(=C2SC=CS2)S1. The van der Waals surface area contributed by atoms with E-state index < -0.39 is 0 Å². The molecule has 0 aromatic carbocycles. The van der Waals surface area contributed by atoms with Gasteiger partial charge in [0.15, 0.2) is 0 Å². The maximum absolute atomic E-state index is 10.1. The highest BCUT2D eigenvalue weighted by molar-refractivity contribution is 8.33. The molecular formula is C11H8OS4. The lowest BCUT2D eigenvalue weighted by Gasteiger charge is -1.99. The third kappa shape index (κ3) is 3.38. The zero-order valence-corrected chi connectivity index (χ0v) is 11.4. The van der Waals surface area contributed by atoms with Gasteiger partial charge in [0, 0.05) is 4.91 Å². The summed E-state index contributed by atoms with van der Waals surface area (Å²) in [6.07, 6.45) is 7.90. The van der Waals surface area contributed by atoms with Crippen molar-refractivity contribution in [2.75, 3.05) is 0 Å². The molecule has 0 aromatic rings. The molecule has 0 bridgehead atoms. The van der Waals surface area contributed by atoms with Gasteiger partial charge in [0.05, 0.1) is 8.47 Å². The van der Waals surface area contributed by atoms with E-state index >= 15 is 0 Å². The van der Waals surface area contributed by atoms with Crippen molar-refractivity contribution in [2.45, 2.75) is 0 Å². The summed E-state index contributed by atoms with van der Waals surface area (Å²) in [7, 11) is 0. The molecule has 1 nitrogen and oxygen atoms in total. The molecule has 0 aromatic heterocycles. The van der Waals surface area contributed by atoms with Gasteiger partial charge in [-0.15, -0.1) is 0 Å². The Hall–Kier alpha value is -0.230. The van der Waals surface area contributed by atoms with Crippen LogP contribution in [0.15, 0.2) is 53.9 Å². The summed E-state index contributed by atoms with van der Waals surface area (Å²) in [5.74, 6) is 0. The minimum atomic E-state index is 0.778. The lowest BCUT2D eigenvalue weighted by Crippen LogP contribution is -1.66. The summed E-state index contributed by atoms with van der Waals surface area (Å²) in [6.45, 7) is 0. The fourth-order valence-corrected chi connectivity index (χ4v) is 5.35. The van der Waals surface area contributed by atoms with Crippen LogP contribution >= 0.6 is 47.0 Å². The highest BCUT2D eigenvalue weighted by Gasteiger charge is 2.16. The van der Waals surface area contributed by atoms with Crippen molar-refractivity contribution >= 4 is 53.3 Å². The van der Waals surface area contributed by atoms with Crippen LogP contribution < -0.4 is 0 Å². The Kier molecular flexibility index (Phi) is 4.96. The van der Waals surface area contributed by atoms with Crippen LogP contribution in [0.3, 0.4) is 0 Å². The van der Waals surface area contributed by atoms with Gasteiger partial charge in [-0.1, -0.05) is 59.2 Å². The van der Waals surface area contributed by atoms with Crippen LogP contribution in [0, 0.1) is 0 Å². The number of aldehydes is 1. The molecular weight excluding hydrogens is 276 g/mol. The van der Waals surface area contributed by atoms with Crippen molar-refractivity contribution in [3.63, 3.8) is 0 Å². The van der Waals surface area contributed by atoms with E-state index in [-0.39, 0.29) is 0 Å². The largest absolute Gasteiger partial charge is 0.299 e. The quantitative estimate of drug-likeness (QED) is 0.423. The molecule has 16 heavy (non-hydrogen) atoms. The number of hydrogen-bond donors (Lipinski definition) is 0. The van der Waals surface area contributed by atoms with Crippen LogP contribution in [0.5, 0.6) is 0 Å². The highest BCUT2D eigenvalue weighted by atomic mass is 32.2. The van der Waals surface area contributed by atoms with Crippen LogP contribution in [0.4, 0.5) is 0 Å². The van der Waals surface area contributed by atoms with Gasteiger partial charge in [-0.3, -0.25) is 4.79 Å². The van der Waals surface area contributed by atoms with Crippen molar-refractivity contribution in [3.05, 3.63) is 53.9 Å². The molecule has 0 fully saturated rings. The first-order valence-electron chi connectivity index (χ1n) is 4.46. The number of thioether (sulfide) groups is 4. The second-order valence-electron chi connectivity index (χ2n) is 2.70. The number of allylic oxidation sites excluding steroid dienone is 4. The van der Waals surface area contributed by atoms with E-state index in [0.717, 1.165) is 6.29 Å². The molecule has 0 atom stereocenters. The highest BCUT2D eigenvalue weighted by Crippen LogP contribution is 2.53. The molecule has 0 saturated carbocycles. The summed E-state index contributed by atoms with van der Waals surface area (Å²) in [4.78, 5) is 11.3. The van der Waals surface area contributed by atoms with E-state index in [1.807, 2.05) is 12.2 Å². The van der Waals surface area contributed by atoms with E-state index in [1.165, 1.54) is 19.5 Å². The summed E-state index contributed by atoms with van der Waals surface area (Å²) >= 11 is 7.10. The Bertz CT molecular complexity index is 419. The number of hydrogen-bond acceptors (Lipinski definition) is 5. The van der Waals surface area contributed by atoms with Crippen molar-refractivity contribution in [3.8, 4) is 0 Å². The minimum absolute atomic E-state index is 0.778. The predicted octanol–water partition coefficient (Wildman–Crippen LogP) is 4.70. The Balaban J connectivity index is 1.92. The Labute approximate surface area is 112 Å². The van der Waals surface area contributed by atoms with Gasteiger partial charge in [-0.25, -0.2) is 0 Å². The molecule has 0 spiro atoms. The molecule has 2 aliphatic heterocycles. The smallest absolute Gasteiger partial charge is 0.142 e. The monoisotopic (exact) mass is 284 g/mol. The van der Waals surface area contributed by atoms with E-state index in [2.05, 4.69) is 16.2 Å². The Morgan fingerprint density at radius 3 is 2.50 bits per heavy atom. The van der Waals surface area contributed by atoms with Gasteiger partial charge in [0.1, 0.15) is 6.29 Å². The van der Waals surface area contributed by atoms with Gasteiger partial charge in [-0.2, -0.15) is 0 Å². The maximum Gasteiger partial charge on any atom is 0.142 e. The van der Waals surface area contributed by atoms with Gasteiger partial charge in [-0.05, 0) is 28.4 Å². The van der Waals surface area contributed by atoms with E-state index in [4.69, 9.17) is 0 Å². The van der Waals surface area contributed by atoms with E-state index in [9.17, 15) is 4.79 Å². The predicted molar refractivity (Wildman–Crippen MR) is 79.0 cm³/mol. The Morgan fingerprint density at radius 1 is 0.938 bits per heavy atom. The molecule has 0 radical (unpaired) electrons. The summed E-state index contributed by atoms with van der Waals surface area (Å²) in [6, 6.07) is 0. The molecule has 82 valence electrons. The third-order valence-corrected chi connectivity index (χ3v) is 6.63. The van der Waals surface area contributed by atoms with E-state index in [1.54, 1.807) is 53.1 Å². The molecule has 0 amide bonds. The van der Waals surface area contributed by atoms with Crippen LogP contribution in [0.1, 0.15) is 0 Å². The normalized spacial score (nSPS) is 20.4. The third-order valence-electron chi connectivity index (χ3n) is 1.63. The maximum atomic E-state index is 10.1. The van der Waals surface area contributed by atoms with Gasteiger partial charge >= 0.3 is 0 Å². The molecule has 0 aliphatic carbocycles. The fourth-order valence-electron chi connectivity index (χ4n) is 0.993. The molecule has 2 heterocycles. The summed E-state index contributed by atoms with van der Waals surface area (Å²) < 4.78 is 2.71. The Morgan fingerprint density at radius 2 is 1.75 bits per heavy atom. The lowest BCUT2D eigenvalue weighted by molar-refractivity contribution is -0.104. The van der Waals surface area contributed by atoms with E-state index in [0.29, 0.717) is 0 Å². The van der Waals surface area contributed by atoms with Gasteiger partial charge in [0.25, 0.3) is 0 Å². The minimum Gasteiger partial charge on any atom is -0.299 e. The van der Waals surface area contributed by atoms with Crippen molar-refractivity contribution in [2.24, 2.45) is 0 Å². The van der Waals surface area contributed by atoms with Gasteiger partial charge in [0.2, 0.25) is 0 Å². The van der Waals surface area contributed by atoms with Crippen LogP contribution in [-0.2, 0) is 4.79 Å². The standard InChI is InChI=1S/C11H8OS4/c12-5-3-1-2-4-9-8-15-11(16-9)10-13-6-7-14-10/h1-8H/b3-1+,4-2+. The van der Waals surface area contributed by atoms with Crippen LogP contribution in [0.25, 0.3) is 0 Å². The number of rotatable bonds is 3. The second kappa shape index (κ2) is 6.49. The average molecular weight is 284 g/mol. The molecule has 2 rings (SSSR count). The molecule has 0 N–H and O–H groups in total. The first-order chi connectivity index (χ1) is 7.90. The average Bonchev–Trinajstić information content (AvgIpc) is 2.94. The number of carbonyl (C=O) groups excluding carboxylic acids is 1. The summed E-state index contributed by atoms with van der Waals surface area (Å²) in [5.41, 5.74) is 0. The number of carbonyl (C=O) groups is 1. The fraction of sp³-hybridized carbons (Fsp3) is 0. The molecule has 5 heteroatoms. The molecule has 0 saturated heterocycles.